The number of carbonyl (C=O) groups excluding carboxylic acids is 3. The van der Waals surface area contributed by atoms with E-state index in [4.69, 9.17) is 4.42 Å². The van der Waals surface area contributed by atoms with Gasteiger partial charge in [0.15, 0.2) is 5.78 Å². The fourth-order valence-electron chi connectivity index (χ4n) is 2.44. The zero-order valence-electron chi connectivity index (χ0n) is 16.1. The Hall–Kier alpha value is -3.60. The lowest BCUT2D eigenvalue weighted by Crippen LogP contribution is -2.25. The highest BCUT2D eigenvalue weighted by molar-refractivity contribution is 7.99. The molecular formula is C20H16F2N4O4S. The molecule has 0 bridgehead atoms. The van der Waals surface area contributed by atoms with Gasteiger partial charge in [-0.1, -0.05) is 17.8 Å². The summed E-state index contributed by atoms with van der Waals surface area (Å²) in [5, 5.41) is 12.5. The van der Waals surface area contributed by atoms with Crippen molar-refractivity contribution in [2.45, 2.75) is 18.7 Å². The van der Waals surface area contributed by atoms with E-state index in [2.05, 4.69) is 20.8 Å². The molecule has 2 aromatic carbocycles. The van der Waals surface area contributed by atoms with Crippen LogP contribution in [0.2, 0.25) is 0 Å². The van der Waals surface area contributed by atoms with Crippen LogP contribution < -0.4 is 10.6 Å². The lowest BCUT2D eigenvalue weighted by atomic mass is 10.1. The number of hydrogen-bond donors (Lipinski definition) is 2. The van der Waals surface area contributed by atoms with E-state index in [9.17, 15) is 23.2 Å². The third-order valence-electron chi connectivity index (χ3n) is 3.94. The van der Waals surface area contributed by atoms with Gasteiger partial charge in [-0.3, -0.25) is 14.4 Å². The highest BCUT2D eigenvalue weighted by atomic mass is 32.2. The predicted molar refractivity (Wildman–Crippen MR) is 108 cm³/mol. The first-order chi connectivity index (χ1) is 14.8. The van der Waals surface area contributed by atoms with Crippen molar-refractivity contribution in [3.63, 3.8) is 0 Å². The number of thioether (sulfide) groups is 1. The Bertz CT molecular complexity index is 1100. The Balaban J connectivity index is 1.48. The van der Waals surface area contributed by atoms with Gasteiger partial charge in [-0.15, -0.1) is 10.2 Å². The first-order valence-electron chi connectivity index (χ1n) is 8.91. The minimum Gasteiger partial charge on any atom is -0.414 e. The summed E-state index contributed by atoms with van der Waals surface area (Å²) in [5.41, 5.74) is 0.366. The third kappa shape index (κ3) is 5.95. The van der Waals surface area contributed by atoms with Gasteiger partial charge in [-0.05, 0) is 43.3 Å². The molecule has 2 amide bonds. The van der Waals surface area contributed by atoms with Gasteiger partial charge in [-0.25, -0.2) is 8.78 Å². The molecule has 0 atom stereocenters. The Morgan fingerprint density at radius 2 is 1.71 bits per heavy atom. The Labute approximate surface area is 179 Å². The summed E-state index contributed by atoms with van der Waals surface area (Å²) in [7, 11) is 0. The molecule has 0 aliphatic heterocycles. The summed E-state index contributed by atoms with van der Waals surface area (Å²) in [6.07, 6.45) is 0. The Morgan fingerprint density at radius 3 is 2.35 bits per heavy atom. The SMILES string of the molecule is CC(=O)c1ccc(NC(=O)CSc2nnc(CNC(=O)c3c(F)cccc3F)o2)cc1. The van der Waals surface area contributed by atoms with Crippen LogP contribution in [0.25, 0.3) is 0 Å². The molecule has 0 aliphatic carbocycles. The summed E-state index contributed by atoms with van der Waals surface area (Å²) in [6.45, 7) is 1.21. The van der Waals surface area contributed by atoms with E-state index in [1.54, 1.807) is 24.3 Å². The maximum atomic E-state index is 13.6. The van der Waals surface area contributed by atoms with Gasteiger partial charge in [0.1, 0.15) is 17.2 Å². The number of hydrogen-bond acceptors (Lipinski definition) is 7. The van der Waals surface area contributed by atoms with E-state index in [1.807, 2.05) is 0 Å². The lowest BCUT2D eigenvalue weighted by Gasteiger charge is -2.05. The number of ketones is 1. The van der Waals surface area contributed by atoms with Crippen LogP contribution in [0, 0.1) is 11.6 Å². The molecule has 0 aliphatic rings. The predicted octanol–water partition coefficient (Wildman–Crippen LogP) is 3.21. The van der Waals surface area contributed by atoms with Crippen LogP contribution in [-0.2, 0) is 11.3 Å². The molecule has 3 aromatic rings. The van der Waals surface area contributed by atoms with Crippen LogP contribution in [0.3, 0.4) is 0 Å². The highest BCUT2D eigenvalue weighted by Crippen LogP contribution is 2.18. The van der Waals surface area contributed by atoms with Crippen LogP contribution >= 0.6 is 11.8 Å². The number of halogens is 2. The minimum atomic E-state index is -0.985. The van der Waals surface area contributed by atoms with Crippen LogP contribution in [0.4, 0.5) is 14.5 Å². The van der Waals surface area contributed by atoms with Gasteiger partial charge in [0.05, 0.1) is 12.3 Å². The maximum absolute atomic E-state index is 13.6. The average molecular weight is 446 g/mol. The molecular weight excluding hydrogens is 430 g/mol. The van der Waals surface area contributed by atoms with Gasteiger partial charge in [0, 0.05) is 11.3 Å². The van der Waals surface area contributed by atoms with Crippen molar-refractivity contribution in [2.24, 2.45) is 0 Å². The molecule has 31 heavy (non-hydrogen) atoms. The largest absolute Gasteiger partial charge is 0.414 e. The van der Waals surface area contributed by atoms with E-state index in [1.165, 1.54) is 6.92 Å². The molecule has 8 nitrogen and oxygen atoms in total. The number of anilines is 1. The molecule has 11 heteroatoms. The smallest absolute Gasteiger partial charge is 0.277 e. The molecule has 0 spiro atoms. The van der Waals surface area contributed by atoms with Crippen molar-refractivity contribution in [1.29, 1.82) is 0 Å². The monoisotopic (exact) mass is 446 g/mol. The minimum absolute atomic E-state index is 0.00725. The van der Waals surface area contributed by atoms with E-state index in [-0.39, 0.29) is 35.1 Å². The molecule has 1 heterocycles. The number of amides is 2. The quantitative estimate of drug-likeness (QED) is 0.403. The second-order valence-corrected chi connectivity index (χ2v) is 7.14. The second-order valence-electron chi connectivity index (χ2n) is 6.21. The fraction of sp³-hybridized carbons (Fsp3) is 0.150. The summed E-state index contributed by atoms with van der Waals surface area (Å²) in [4.78, 5) is 35.2. The van der Waals surface area contributed by atoms with Crippen molar-refractivity contribution in [2.75, 3.05) is 11.1 Å². The summed E-state index contributed by atoms with van der Waals surface area (Å²) < 4.78 is 32.5. The third-order valence-corrected chi connectivity index (χ3v) is 4.76. The van der Waals surface area contributed by atoms with Crippen molar-refractivity contribution >= 4 is 35.0 Å². The summed E-state index contributed by atoms with van der Waals surface area (Å²) in [5.74, 6) is -3.35. The number of aromatic nitrogens is 2. The maximum Gasteiger partial charge on any atom is 0.277 e. The molecule has 0 saturated carbocycles. The molecule has 2 N–H and O–H groups in total. The molecule has 3 rings (SSSR count). The molecule has 160 valence electrons. The lowest BCUT2D eigenvalue weighted by molar-refractivity contribution is -0.113. The molecule has 0 saturated heterocycles. The van der Waals surface area contributed by atoms with Crippen LogP contribution in [0.5, 0.6) is 0 Å². The number of nitrogens with zero attached hydrogens (tertiary/aromatic N) is 2. The highest BCUT2D eigenvalue weighted by Gasteiger charge is 2.18. The number of carbonyl (C=O) groups is 3. The number of nitrogens with one attached hydrogen (secondary N) is 2. The average Bonchev–Trinajstić information content (AvgIpc) is 3.19. The normalized spacial score (nSPS) is 10.5. The van der Waals surface area contributed by atoms with Gasteiger partial charge in [0.2, 0.25) is 11.8 Å². The topological polar surface area (TPSA) is 114 Å². The number of Topliss-reactive ketones (excluding diaryl/α,β-unsaturated/α-hetero) is 1. The first-order valence-corrected chi connectivity index (χ1v) is 9.90. The molecule has 0 unspecified atom stereocenters. The van der Waals surface area contributed by atoms with Gasteiger partial charge in [0.25, 0.3) is 11.1 Å². The fourth-order valence-corrected chi connectivity index (χ4v) is 3.02. The molecule has 1 aromatic heterocycles. The summed E-state index contributed by atoms with van der Waals surface area (Å²) >= 11 is 0.973. The van der Waals surface area contributed by atoms with E-state index >= 15 is 0 Å². The zero-order chi connectivity index (χ0) is 22.4. The van der Waals surface area contributed by atoms with Crippen LogP contribution in [0.1, 0.15) is 33.5 Å². The van der Waals surface area contributed by atoms with Crippen molar-refractivity contribution in [1.82, 2.24) is 15.5 Å². The van der Waals surface area contributed by atoms with Gasteiger partial charge >= 0.3 is 0 Å². The Kier molecular flexibility index (Phi) is 7.08. The Morgan fingerprint density at radius 1 is 1.03 bits per heavy atom. The number of rotatable bonds is 8. The van der Waals surface area contributed by atoms with E-state index < -0.39 is 23.1 Å². The van der Waals surface area contributed by atoms with Crippen molar-refractivity contribution < 1.29 is 27.6 Å². The van der Waals surface area contributed by atoms with Crippen LogP contribution in [-0.4, -0.2) is 33.5 Å². The molecule has 0 radical (unpaired) electrons. The van der Waals surface area contributed by atoms with Crippen molar-refractivity contribution in [3.8, 4) is 0 Å². The van der Waals surface area contributed by atoms with E-state index in [0.717, 1.165) is 30.0 Å². The molecule has 0 fully saturated rings. The van der Waals surface area contributed by atoms with Crippen molar-refractivity contribution in [3.05, 3.63) is 71.1 Å². The van der Waals surface area contributed by atoms with Crippen LogP contribution in [0.15, 0.2) is 52.1 Å². The van der Waals surface area contributed by atoms with Gasteiger partial charge in [-0.2, -0.15) is 0 Å². The van der Waals surface area contributed by atoms with Gasteiger partial charge < -0.3 is 15.1 Å². The zero-order valence-corrected chi connectivity index (χ0v) is 17.0. The summed E-state index contributed by atoms with van der Waals surface area (Å²) in [6, 6.07) is 9.55. The first kappa shape index (κ1) is 22.1. The van der Waals surface area contributed by atoms with E-state index in [0.29, 0.717) is 11.3 Å². The number of benzene rings is 2. The second kappa shape index (κ2) is 9.94. The standard InChI is InChI=1S/C20H16F2N4O4S/c1-11(27)12-5-7-13(8-6-12)24-16(28)10-31-20-26-25-17(30-20)9-23-19(29)18-14(21)3-2-4-15(18)22/h2-8H,9-10H2,1H3,(H,23,29)(H,24,28).